The SMILES string of the molecule is Cc1cc(Nc2ncnc3cc4c(nc23)N2CCN(C(=O)/C=C/C(C)N(C)C)C(CO4)C2)c(F)cc1Oc1ccn2ccnc2c1. The van der Waals surface area contributed by atoms with E-state index in [1.807, 2.05) is 66.7 Å². The van der Waals surface area contributed by atoms with E-state index in [0.29, 0.717) is 66.2 Å². The topological polar surface area (TPSA) is 113 Å². The Kier molecular flexibility index (Phi) is 7.61. The monoisotopic (exact) mass is 623 g/mol. The Balaban J connectivity index is 1.12. The number of pyridine rings is 2. The van der Waals surface area contributed by atoms with Gasteiger partial charge in [0, 0.05) is 68.5 Å². The summed E-state index contributed by atoms with van der Waals surface area (Å²) in [5.74, 6) is 2.00. The van der Waals surface area contributed by atoms with Crippen LogP contribution in [0.15, 0.2) is 67.4 Å². The van der Waals surface area contributed by atoms with Crippen LogP contribution >= 0.6 is 0 Å². The van der Waals surface area contributed by atoms with Crippen molar-refractivity contribution in [2.75, 3.05) is 50.6 Å². The Bertz CT molecular complexity index is 1980. The fraction of sp³-hybridized carbons (Fsp3) is 0.303. The average Bonchev–Trinajstić information content (AvgIpc) is 3.47. The fourth-order valence-corrected chi connectivity index (χ4v) is 5.62. The highest BCUT2D eigenvalue weighted by Gasteiger charge is 2.35. The fourth-order valence-electron chi connectivity index (χ4n) is 5.62. The average molecular weight is 624 g/mol. The molecule has 1 saturated heterocycles. The minimum atomic E-state index is -0.509. The third-order valence-electron chi connectivity index (χ3n) is 8.50. The summed E-state index contributed by atoms with van der Waals surface area (Å²) in [7, 11) is 3.95. The number of fused-ring (bicyclic) bond motifs is 6. The van der Waals surface area contributed by atoms with Crippen molar-refractivity contribution in [2.45, 2.75) is 25.9 Å². The van der Waals surface area contributed by atoms with Crippen LogP contribution in [0.2, 0.25) is 0 Å². The number of likely N-dealkylation sites (N-methyl/N-ethyl adjacent to an activating group) is 1. The molecule has 236 valence electrons. The van der Waals surface area contributed by atoms with Gasteiger partial charge in [-0.1, -0.05) is 6.08 Å². The van der Waals surface area contributed by atoms with E-state index in [-0.39, 0.29) is 23.7 Å². The van der Waals surface area contributed by atoms with Crippen molar-refractivity contribution in [1.82, 2.24) is 34.1 Å². The molecular weight excluding hydrogens is 589 g/mol. The second-order valence-electron chi connectivity index (χ2n) is 11.8. The minimum absolute atomic E-state index is 0.0313. The second-order valence-corrected chi connectivity index (χ2v) is 11.8. The van der Waals surface area contributed by atoms with Gasteiger partial charge in [0.2, 0.25) is 5.91 Å². The number of rotatable bonds is 7. The maximum absolute atomic E-state index is 15.5. The van der Waals surface area contributed by atoms with Crippen LogP contribution in [0.1, 0.15) is 12.5 Å². The van der Waals surface area contributed by atoms with Crippen LogP contribution < -0.4 is 19.7 Å². The van der Waals surface area contributed by atoms with Gasteiger partial charge in [-0.15, -0.1) is 0 Å². The molecule has 46 heavy (non-hydrogen) atoms. The van der Waals surface area contributed by atoms with Crippen molar-refractivity contribution in [3.8, 4) is 17.2 Å². The van der Waals surface area contributed by atoms with E-state index < -0.39 is 5.82 Å². The molecule has 0 radical (unpaired) electrons. The molecule has 7 rings (SSSR count). The Morgan fingerprint density at radius 2 is 2.04 bits per heavy atom. The van der Waals surface area contributed by atoms with Gasteiger partial charge < -0.3 is 33.9 Å². The second kappa shape index (κ2) is 11.9. The molecule has 2 bridgehead atoms. The van der Waals surface area contributed by atoms with Gasteiger partial charge in [0.05, 0.1) is 17.2 Å². The van der Waals surface area contributed by atoms with Crippen molar-refractivity contribution in [3.63, 3.8) is 0 Å². The van der Waals surface area contributed by atoms with Gasteiger partial charge in [-0.3, -0.25) is 4.79 Å². The van der Waals surface area contributed by atoms with E-state index in [1.54, 1.807) is 30.5 Å². The summed E-state index contributed by atoms with van der Waals surface area (Å²) in [6.07, 6.45) is 10.3. The van der Waals surface area contributed by atoms with Crippen LogP contribution in [0, 0.1) is 12.7 Å². The Morgan fingerprint density at radius 3 is 2.89 bits per heavy atom. The number of anilines is 3. The van der Waals surface area contributed by atoms with Crippen LogP contribution in [0.25, 0.3) is 16.7 Å². The summed E-state index contributed by atoms with van der Waals surface area (Å²) in [5.41, 5.74) is 2.71. The van der Waals surface area contributed by atoms with Crippen molar-refractivity contribution < 1.29 is 18.7 Å². The highest BCUT2D eigenvalue weighted by molar-refractivity contribution is 5.91. The van der Waals surface area contributed by atoms with Crippen LogP contribution in [-0.4, -0.2) is 92.5 Å². The highest BCUT2D eigenvalue weighted by Crippen LogP contribution is 2.37. The first-order valence-electron chi connectivity index (χ1n) is 15.1. The number of carbonyl (C=O) groups excluding carboxylic acids is 1. The molecule has 0 spiro atoms. The zero-order valence-corrected chi connectivity index (χ0v) is 26.0. The number of imidazole rings is 1. The number of carbonyl (C=O) groups is 1. The Morgan fingerprint density at radius 1 is 1.17 bits per heavy atom. The molecule has 2 aliphatic heterocycles. The summed E-state index contributed by atoms with van der Waals surface area (Å²) in [5, 5.41) is 3.12. The van der Waals surface area contributed by atoms with Crippen LogP contribution in [0.5, 0.6) is 17.2 Å². The number of hydrogen-bond donors (Lipinski definition) is 1. The van der Waals surface area contributed by atoms with Crippen molar-refractivity contribution in [2.24, 2.45) is 0 Å². The molecule has 1 fully saturated rings. The number of aryl methyl sites for hydroxylation is 1. The Hall–Kier alpha value is -5.30. The van der Waals surface area contributed by atoms with E-state index in [1.165, 1.54) is 12.4 Å². The molecular formula is C33H34FN9O3. The van der Waals surface area contributed by atoms with Gasteiger partial charge in [0.15, 0.2) is 17.4 Å². The molecule has 4 aromatic heterocycles. The number of halogens is 1. The molecule has 0 saturated carbocycles. The van der Waals surface area contributed by atoms with Crippen molar-refractivity contribution in [3.05, 3.63) is 78.8 Å². The zero-order chi connectivity index (χ0) is 31.9. The first-order valence-corrected chi connectivity index (χ1v) is 15.1. The van der Waals surface area contributed by atoms with Crippen molar-refractivity contribution >= 4 is 39.9 Å². The number of piperazine rings is 1. The number of amides is 1. The van der Waals surface area contributed by atoms with Crippen LogP contribution in [-0.2, 0) is 4.79 Å². The summed E-state index contributed by atoms with van der Waals surface area (Å²) < 4.78 is 29.5. The first-order chi connectivity index (χ1) is 22.2. The van der Waals surface area contributed by atoms with Gasteiger partial charge in [-0.05, 0) is 45.6 Å². The molecule has 6 heterocycles. The third-order valence-corrected chi connectivity index (χ3v) is 8.50. The maximum Gasteiger partial charge on any atom is 0.246 e. The maximum atomic E-state index is 15.5. The highest BCUT2D eigenvalue weighted by atomic mass is 19.1. The van der Waals surface area contributed by atoms with E-state index in [4.69, 9.17) is 14.5 Å². The van der Waals surface area contributed by atoms with E-state index >= 15 is 4.39 Å². The van der Waals surface area contributed by atoms with Gasteiger partial charge in [-0.25, -0.2) is 24.3 Å². The lowest BCUT2D eigenvalue weighted by Gasteiger charge is -2.39. The molecule has 2 unspecified atom stereocenters. The largest absolute Gasteiger partial charge is 0.487 e. The van der Waals surface area contributed by atoms with Crippen molar-refractivity contribution in [1.29, 1.82) is 0 Å². The van der Waals surface area contributed by atoms with Gasteiger partial charge in [0.1, 0.15) is 41.4 Å². The zero-order valence-electron chi connectivity index (χ0n) is 26.0. The number of aromatic nitrogens is 5. The van der Waals surface area contributed by atoms with Gasteiger partial charge in [-0.2, -0.15) is 0 Å². The lowest BCUT2D eigenvalue weighted by molar-refractivity contribution is -0.129. The lowest BCUT2D eigenvalue weighted by atomic mass is 10.1. The summed E-state index contributed by atoms with van der Waals surface area (Å²) >= 11 is 0. The normalized spacial score (nSPS) is 16.9. The molecule has 13 heteroatoms. The number of ether oxygens (including phenoxy) is 2. The molecule has 12 nitrogen and oxygen atoms in total. The molecule has 1 N–H and O–H groups in total. The van der Waals surface area contributed by atoms with E-state index in [0.717, 1.165) is 11.2 Å². The standard InChI is InChI=1S/C33H34FN9O3/c1-20-13-25(24(34)15-27(20)46-23-7-9-41-10-8-35-29(41)14-23)38-32-31-26(36-19-37-32)16-28-33(39-31)42-11-12-43(22(17-42)18-45-28)30(44)6-5-21(2)40(3)4/h5-10,13-16,19,21-22H,11-12,17-18H2,1-4H3,(H,36,37,38)/b6-5+. The molecule has 1 aromatic carbocycles. The predicted molar refractivity (Wildman–Crippen MR) is 173 cm³/mol. The third kappa shape index (κ3) is 5.65. The number of benzene rings is 1. The lowest BCUT2D eigenvalue weighted by Crippen LogP contribution is -2.56. The Labute approximate surface area is 265 Å². The van der Waals surface area contributed by atoms with E-state index in [2.05, 4.69) is 25.2 Å². The molecule has 2 atom stereocenters. The number of hydrogen-bond acceptors (Lipinski definition) is 10. The number of nitrogens with one attached hydrogen (secondary N) is 1. The number of nitrogens with zero attached hydrogens (tertiary/aromatic N) is 8. The molecule has 2 aliphatic rings. The first kappa shape index (κ1) is 29.4. The van der Waals surface area contributed by atoms with Gasteiger partial charge >= 0.3 is 0 Å². The smallest absolute Gasteiger partial charge is 0.246 e. The molecule has 1 amide bonds. The molecule has 0 aliphatic carbocycles. The quantitative estimate of drug-likeness (QED) is 0.259. The van der Waals surface area contributed by atoms with E-state index in [9.17, 15) is 4.79 Å². The minimum Gasteiger partial charge on any atom is -0.487 e. The summed E-state index contributed by atoms with van der Waals surface area (Å²) in [4.78, 5) is 37.1. The summed E-state index contributed by atoms with van der Waals surface area (Å²) in [6, 6.07) is 8.45. The van der Waals surface area contributed by atoms with Gasteiger partial charge in [0.25, 0.3) is 0 Å². The predicted octanol–water partition coefficient (Wildman–Crippen LogP) is 4.57. The van der Waals surface area contributed by atoms with Crippen LogP contribution in [0.3, 0.4) is 0 Å². The summed E-state index contributed by atoms with van der Waals surface area (Å²) in [6.45, 7) is 5.93. The molecule has 5 aromatic rings. The van der Waals surface area contributed by atoms with Crippen LogP contribution in [0.4, 0.5) is 21.7 Å².